The van der Waals surface area contributed by atoms with E-state index < -0.39 is 5.97 Å². The highest BCUT2D eigenvalue weighted by atomic mass is 16.4. The number of rotatable bonds is 4. The van der Waals surface area contributed by atoms with E-state index in [9.17, 15) is 15.0 Å². The Morgan fingerprint density at radius 2 is 1.79 bits per heavy atom. The molecule has 0 bridgehead atoms. The highest BCUT2D eigenvalue weighted by Crippen LogP contribution is 2.68. The fourth-order valence-corrected chi connectivity index (χ4v) is 8.82. The first-order valence-corrected chi connectivity index (χ1v) is 11.8. The quantitative estimate of drug-likeness (QED) is 0.659. The van der Waals surface area contributed by atoms with Gasteiger partial charge < -0.3 is 15.3 Å². The van der Waals surface area contributed by atoms with Crippen LogP contribution in [0.15, 0.2) is 0 Å². The van der Waals surface area contributed by atoms with Crippen LogP contribution >= 0.6 is 0 Å². The van der Waals surface area contributed by atoms with Crippen molar-refractivity contribution in [2.45, 2.75) is 97.2 Å². The van der Waals surface area contributed by atoms with E-state index in [1.807, 2.05) is 0 Å². The normalized spacial score (nSPS) is 51.7. The molecule has 3 N–H and O–H groups in total. The Hall–Kier alpha value is -0.610. The van der Waals surface area contributed by atoms with Crippen molar-refractivity contribution in [1.29, 1.82) is 0 Å². The van der Waals surface area contributed by atoms with Crippen molar-refractivity contribution in [2.75, 3.05) is 0 Å². The predicted octanol–water partition coefficient (Wildman–Crippen LogP) is 4.48. The third-order valence-corrected chi connectivity index (χ3v) is 10.3. The van der Waals surface area contributed by atoms with Crippen molar-refractivity contribution < 1.29 is 20.1 Å². The summed E-state index contributed by atoms with van der Waals surface area (Å²) in [6.07, 6.45) is 9.14. The minimum absolute atomic E-state index is 0.0313. The fraction of sp³-hybridized carbons (Fsp3) is 0.958. The number of hydrogen-bond donors (Lipinski definition) is 3. The van der Waals surface area contributed by atoms with Crippen molar-refractivity contribution in [3.63, 3.8) is 0 Å². The molecular weight excluding hydrogens is 352 g/mol. The molecule has 0 aromatic rings. The Kier molecular flexibility index (Phi) is 5.36. The van der Waals surface area contributed by atoms with Gasteiger partial charge in [-0.15, -0.1) is 0 Å². The van der Waals surface area contributed by atoms with E-state index in [1.165, 1.54) is 32.1 Å². The smallest absolute Gasteiger partial charge is 0.303 e. The average molecular weight is 393 g/mol. The number of hydrogen-bond acceptors (Lipinski definition) is 3. The molecule has 4 fully saturated rings. The lowest BCUT2D eigenvalue weighted by atomic mass is 9.43. The maximum Gasteiger partial charge on any atom is 0.303 e. The van der Waals surface area contributed by atoms with E-state index in [0.717, 1.165) is 25.2 Å². The lowest BCUT2D eigenvalue weighted by Crippen LogP contribution is -2.59. The Morgan fingerprint density at radius 3 is 2.50 bits per heavy atom. The van der Waals surface area contributed by atoms with Gasteiger partial charge in [-0.05, 0) is 104 Å². The molecular formula is C24H40O4. The highest BCUT2D eigenvalue weighted by Gasteiger charge is 2.62. The third-order valence-electron chi connectivity index (χ3n) is 10.3. The molecule has 28 heavy (non-hydrogen) atoms. The monoisotopic (exact) mass is 392 g/mol. The van der Waals surface area contributed by atoms with Gasteiger partial charge in [-0.25, -0.2) is 0 Å². The summed E-state index contributed by atoms with van der Waals surface area (Å²) in [5.74, 6) is 2.91. The van der Waals surface area contributed by atoms with Crippen LogP contribution in [0.3, 0.4) is 0 Å². The number of carboxylic acid groups (broad SMARTS) is 1. The summed E-state index contributed by atoms with van der Waals surface area (Å²) in [6, 6.07) is 0. The van der Waals surface area contributed by atoms with Crippen molar-refractivity contribution in [1.82, 2.24) is 0 Å². The molecule has 4 heteroatoms. The molecule has 0 radical (unpaired) electrons. The van der Waals surface area contributed by atoms with Crippen molar-refractivity contribution in [3.05, 3.63) is 0 Å². The van der Waals surface area contributed by atoms with Gasteiger partial charge in [-0.3, -0.25) is 4.79 Å². The lowest BCUT2D eigenvalue weighted by Gasteiger charge is -2.62. The molecule has 0 saturated heterocycles. The van der Waals surface area contributed by atoms with Crippen LogP contribution in [-0.2, 0) is 4.79 Å². The second-order valence-corrected chi connectivity index (χ2v) is 11.3. The zero-order valence-corrected chi connectivity index (χ0v) is 17.9. The molecule has 160 valence electrons. The molecule has 0 aliphatic heterocycles. The third kappa shape index (κ3) is 3.05. The summed E-state index contributed by atoms with van der Waals surface area (Å²) >= 11 is 0. The van der Waals surface area contributed by atoms with Crippen LogP contribution in [0.2, 0.25) is 0 Å². The molecule has 0 aromatic carbocycles. The van der Waals surface area contributed by atoms with E-state index in [0.29, 0.717) is 47.8 Å². The zero-order chi connectivity index (χ0) is 20.3. The van der Waals surface area contributed by atoms with Gasteiger partial charge in [0.15, 0.2) is 0 Å². The van der Waals surface area contributed by atoms with E-state index in [2.05, 4.69) is 20.8 Å². The number of carboxylic acids is 1. The van der Waals surface area contributed by atoms with Crippen LogP contribution in [0.25, 0.3) is 0 Å². The Bertz CT molecular complexity index is 605. The van der Waals surface area contributed by atoms with Crippen LogP contribution in [0.1, 0.15) is 85.0 Å². The van der Waals surface area contributed by atoms with Gasteiger partial charge in [-0.1, -0.05) is 20.8 Å². The van der Waals surface area contributed by atoms with E-state index >= 15 is 0 Å². The maximum atomic E-state index is 11.1. The van der Waals surface area contributed by atoms with Crippen LogP contribution in [0.4, 0.5) is 0 Å². The number of aliphatic carboxylic acids is 1. The molecule has 0 heterocycles. The standard InChI is InChI=1S/C24H40O4/c1-14(4-9-22(27)28)18-7-8-19-17-6-5-15-12-16(25)13-21(26)24(15,3)20(17)10-11-23(18,19)2/h14-21,25-26H,4-13H2,1-3H3,(H,27,28). The SMILES string of the molecule is CC(CCC(=O)O)C1CCC2C3CCC4CC(O)CC(O)C4(C)C3CCC12C. The van der Waals surface area contributed by atoms with Crippen LogP contribution in [0.5, 0.6) is 0 Å². The van der Waals surface area contributed by atoms with Crippen molar-refractivity contribution >= 4 is 5.97 Å². The van der Waals surface area contributed by atoms with Gasteiger partial charge in [0.2, 0.25) is 0 Å². The average Bonchev–Trinajstić information content (AvgIpc) is 2.98. The molecule has 4 aliphatic rings. The molecule has 4 nitrogen and oxygen atoms in total. The molecule has 4 rings (SSSR count). The van der Waals surface area contributed by atoms with Crippen molar-refractivity contribution in [3.8, 4) is 0 Å². The Labute approximate surface area is 170 Å². The Morgan fingerprint density at radius 1 is 1.04 bits per heavy atom. The molecule has 10 atom stereocenters. The summed E-state index contributed by atoms with van der Waals surface area (Å²) in [4.78, 5) is 11.1. The van der Waals surface area contributed by atoms with Gasteiger partial charge in [0.25, 0.3) is 0 Å². The van der Waals surface area contributed by atoms with Crippen LogP contribution in [0, 0.1) is 46.3 Å². The Balaban J connectivity index is 1.54. The molecule has 0 spiro atoms. The number of fused-ring (bicyclic) bond motifs is 5. The summed E-state index contributed by atoms with van der Waals surface area (Å²) in [7, 11) is 0. The number of aliphatic hydroxyl groups excluding tert-OH is 2. The molecule has 10 unspecified atom stereocenters. The number of carbonyl (C=O) groups is 1. The topological polar surface area (TPSA) is 77.8 Å². The molecule has 0 amide bonds. The largest absolute Gasteiger partial charge is 0.481 e. The van der Waals surface area contributed by atoms with Gasteiger partial charge in [-0.2, -0.15) is 0 Å². The first-order chi connectivity index (χ1) is 13.2. The first-order valence-electron chi connectivity index (χ1n) is 11.8. The van der Waals surface area contributed by atoms with Gasteiger partial charge in [0.05, 0.1) is 12.2 Å². The minimum atomic E-state index is -0.671. The van der Waals surface area contributed by atoms with Crippen LogP contribution in [-0.4, -0.2) is 33.5 Å². The van der Waals surface area contributed by atoms with Gasteiger partial charge in [0, 0.05) is 6.42 Å². The number of aliphatic hydroxyl groups is 2. The van der Waals surface area contributed by atoms with Gasteiger partial charge >= 0.3 is 5.97 Å². The minimum Gasteiger partial charge on any atom is -0.481 e. The summed E-state index contributed by atoms with van der Waals surface area (Å²) < 4.78 is 0. The zero-order valence-electron chi connectivity index (χ0n) is 17.9. The van der Waals surface area contributed by atoms with Crippen LogP contribution < -0.4 is 0 Å². The molecule has 4 saturated carbocycles. The van der Waals surface area contributed by atoms with E-state index in [1.54, 1.807) is 0 Å². The summed E-state index contributed by atoms with van der Waals surface area (Å²) in [6.45, 7) is 7.10. The maximum absolute atomic E-state index is 11.1. The lowest BCUT2D eigenvalue weighted by molar-refractivity contribution is -0.182. The predicted molar refractivity (Wildman–Crippen MR) is 109 cm³/mol. The molecule has 0 aromatic heterocycles. The molecule has 4 aliphatic carbocycles. The summed E-state index contributed by atoms with van der Waals surface area (Å²) in [5.41, 5.74) is 0.303. The first kappa shape index (κ1) is 20.7. The second kappa shape index (κ2) is 7.27. The van der Waals surface area contributed by atoms with Gasteiger partial charge in [0.1, 0.15) is 0 Å². The van der Waals surface area contributed by atoms with E-state index in [4.69, 9.17) is 5.11 Å². The van der Waals surface area contributed by atoms with E-state index in [-0.39, 0.29) is 17.6 Å². The fourth-order valence-electron chi connectivity index (χ4n) is 8.82. The highest BCUT2D eigenvalue weighted by molar-refractivity contribution is 5.66. The second-order valence-electron chi connectivity index (χ2n) is 11.3. The summed E-state index contributed by atoms with van der Waals surface area (Å²) in [5, 5.41) is 30.3. The van der Waals surface area contributed by atoms with Crippen molar-refractivity contribution in [2.24, 2.45) is 46.3 Å².